The van der Waals surface area contributed by atoms with E-state index in [2.05, 4.69) is 33.9 Å². The molecule has 0 atom stereocenters. The van der Waals surface area contributed by atoms with Crippen molar-refractivity contribution in [1.82, 2.24) is 20.1 Å². The molecule has 1 N–H and O–H groups in total. The van der Waals surface area contributed by atoms with E-state index in [1.165, 1.54) is 11.3 Å². The number of thiazole rings is 1. The summed E-state index contributed by atoms with van der Waals surface area (Å²) < 4.78 is 1.95. The van der Waals surface area contributed by atoms with Gasteiger partial charge in [0, 0.05) is 43.2 Å². The molecule has 2 aromatic rings. The molecule has 0 aliphatic rings. The minimum absolute atomic E-state index is 0.878. The van der Waals surface area contributed by atoms with Crippen molar-refractivity contribution in [1.29, 1.82) is 0 Å². The van der Waals surface area contributed by atoms with E-state index in [9.17, 15) is 0 Å². The van der Waals surface area contributed by atoms with Crippen LogP contribution in [0.1, 0.15) is 23.2 Å². The van der Waals surface area contributed by atoms with Crippen molar-refractivity contribution < 1.29 is 0 Å². The molecule has 2 heterocycles. The molecule has 0 fully saturated rings. The topological polar surface area (TPSA) is 42.7 Å². The van der Waals surface area contributed by atoms with Crippen molar-refractivity contribution in [3.8, 4) is 0 Å². The Morgan fingerprint density at radius 3 is 3.00 bits per heavy atom. The summed E-state index contributed by atoms with van der Waals surface area (Å²) in [5.74, 6) is 0. The van der Waals surface area contributed by atoms with E-state index in [-0.39, 0.29) is 0 Å². The maximum atomic E-state index is 4.43. The summed E-state index contributed by atoms with van der Waals surface area (Å²) in [7, 11) is 0. The lowest BCUT2D eigenvalue weighted by molar-refractivity contribution is 0.654. The summed E-state index contributed by atoms with van der Waals surface area (Å²) in [4.78, 5) is 4.43. The van der Waals surface area contributed by atoms with Gasteiger partial charge in [0.2, 0.25) is 0 Å². The maximum Gasteiger partial charge on any atom is 0.0897 e. The molecule has 0 unspecified atom stereocenters. The van der Waals surface area contributed by atoms with Gasteiger partial charge in [-0.05, 0) is 13.8 Å². The zero-order chi connectivity index (χ0) is 12.1. The molecule has 0 aliphatic carbocycles. The normalized spacial score (nSPS) is 10.9. The van der Waals surface area contributed by atoms with Crippen LogP contribution in [0.3, 0.4) is 0 Å². The Bertz CT molecular complexity index is 461. The molecule has 2 rings (SSSR count). The van der Waals surface area contributed by atoms with Crippen molar-refractivity contribution in [2.45, 2.75) is 33.4 Å². The van der Waals surface area contributed by atoms with Crippen LogP contribution < -0.4 is 5.32 Å². The third-order valence-electron chi connectivity index (χ3n) is 2.56. The van der Waals surface area contributed by atoms with Crippen molar-refractivity contribution in [2.75, 3.05) is 6.54 Å². The molecule has 0 spiro atoms. The predicted molar refractivity (Wildman–Crippen MR) is 70.2 cm³/mol. The van der Waals surface area contributed by atoms with Crippen LogP contribution in [-0.4, -0.2) is 21.3 Å². The van der Waals surface area contributed by atoms with Gasteiger partial charge in [0.1, 0.15) is 0 Å². The fourth-order valence-electron chi connectivity index (χ4n) is 1.64. The van der Waals surface area contributed by atoms with Crippen LogP contribution in [-0.2, 0) is 19.5 Å². The fraction of sp³-hybridized carbons (Fsp3) is 0.500. The highest BCUT2D eigenvalue weighted by atomic mass is 32.1. The standard InChI is InChI=1S/C12H18N4S/c1-3-16-8-11(7-14-16)6-13-5-4-12-9-17-10(2)15-12/h7-9,13H,3-6H2,1-2H3. The smallest absolute Gasteiger partial charge is 0.0897 e. The summed E-state index contributed by atoms with van der Waals surface area (Å²) in [5.41, 5.74) is 2.42. The van der Waals surface area contributed by atoms with Crippen molar-refractivity contribution in [3.05, 3.63) is 34.0 Å². The molecule has 4 nitrogen and oxygen atoms in total. The lowest BCUT2D eigenvalue weighted by Crippen LogP contribution is -2.16. The van der Waals surface area contributed by atoms with E-state index in [1.807, 2.05) is 17.8 Å². The largest absolute Gasteiger partial charge is 0.312 e. The molecular formula is C12H18N4S. The Kier molecular flexibility index (Phi) is 4.28. The Morgan fingerprint density at radius 1 is 1.47 bits per heavy atom. The molecule has 0 radical (unpaired) electrons. The van der Waals surface area contributed by atoms with Gasteiger partial charge in [-0.25, -0.2) is 4.98 Å². The van der Waals surface area contributed by atoms with Gasteiger partial charge in [-0.15, -0.1) is 11.3 Å². The number of hydrogen-bond acceptors (Lipinski definition) is 4. The van der Waals surface area contributed by atoms with Crippen LogP contribution in [0.4, 0.5) is 0 Å². The molecule has 0 bridgehead atoms. The third-order valence-corrected chi connectivity index (χ3v) is 3.39. The second-order valence-corrected chi connectivity index (χ2v) is 5.05. The lowest BCUT2D eigenvalue weighted by atomic mass is 10.3. The first-order valence-corrected chi connectivity index (χ1v) is 6.79. The number of rotatable bonds is 6. The van der Waals surface area contributed by atoms with Gasteiger partial charge < -0.3 is 5.32 Å². The molecule has 92 valence electrons. The molecular weight excluding hydrogens is 232 g/mol. The maximum absolute atomic E-state index is 4.43. The van der Waals surface area contributed by atoms with Crippen LogP contribution >= 0.6 is 11.3 Å². The lowest BCUT2D eigenvalue weighted by Gasteiger charge is -2.00. The van der Waals surface area contributed by atoms with Crippen LogP contribution in [0.5, 0.6) is 0 Å². The Labute approximate surface area is 106 Å². The molecule has 5 heteroatoms. The zero-order valence-electron chi connectivity index (χ0n) is 10.3. The monoisotopic (exact) mass is 250 g/mol. The van der Waals surface area contributed by atoms with Gasteiger partial charge >= 0.3 is 0 Å². The summed E-state index contributed by atoms with van der Waals surface area (Å²) in [5, 5.41) is 10.9. The van der Waals surface area contributed by atoms with Gasteiger partial charge in [-0.3, -0.25) is 4.68 Å². The predicted octanol–water partition coefficient (Wildman–Crippen LogP) is 2.00. The van der Waals surface area contributed by atoms with Gasteiger partial charge in [-0.1, -0.05) is 0 Å². The van der Waals surface area contributed by atoms with E-state index in [0.717, 1.165) is 31.1 Å². The van der Waals surface area contributed by atoms with E-state index >= 15 is 0 Å². The number of nitrogens with one attached hydrogen (secondary N) is 1. The molecule has 2 aromatic heterocycles. The second-order valence-electron chi connectivity index (χ2n) is 3.99. The summed E-state index contributed by atoms with van der Waals surface area (Å²) >= 11 is 1.71. The number of aromatic nitrogens is 3. The SMILES string of the molecule is CCn1cc(CNCCc2csc(C)n2)cn1. The highest BCUT2D eigenvalue weighted by Gasteiger charge is 1.99. The van der Waals surface area contributed by atoms with E-state index in [0.29, 0.717) is 0 Å². The van der Waals surface area contributed by atoms with Crippen LogP contribution in [0, 0.1) is 6.92 Å². The summed E-state index contributed by atoms with van der Waals surface area (Å²) in [6, 6.07) is 0. The van der Waals surface area contributed by atoms with Crippen LogP contribution in [0.2, 0.25) is 0 Å². The first-order chi connectivity index (χ1) is 8.28. The number of hydrogen-bond donors (Lipinski definition) is 1. The van der Waals surface area contributed by atoms with E-state index in [1.54, 1.807) is 11.3 Å². The van der Waals surface area contributed by atoms with Gasteiger partial charge in [0.15, 0.2) is 0 Å². The van der Waals surface area contributed by atoms with Gasteiger partial charge in [0.05, 0.1) is 16.9 Å². The molecule has 0 saturated carbocycles. The quantitative estimate of drug-likeness (QED) is 0.797. The first kappa shape index (κ1) is 12.3. The third kappa shape index (κ3) is 3.64. The second kappa shape index (κ2) is 5.93. The molecule has 0 amide bonds. The fourth-order valence-corrected chi connectivity index (χ4v) is 2.29. The average Bonchev–Trinajstić information content (AvgIpc) is 2.93. The van der Waals surface area contributed by atoms with Gasteiger partial charge in [0.25, 0.3) is 0 Å². The highest BCUT2D eigenvalue weighted by molar-refractivity contribution is 7.09. The minimum atomic E-state index is 0.878. The summed E-state index contributed by atoms with van der Waals surface area (Å²) in [6.45, 7) is 6.90. The molecule has 0 aliphatic heterocycles. The van der Waals surface area contributed by atoms with Crippen LogP contribution in [0.15, 0.2) is 17.8 Å². The summed E-state index contributed by atoms with van der Waals surface area (Å²) in [6.07, 6.45) is 5.00. The molecule has 17 heavy (non-hydrogen) atoms. The molecule has 0 saturated heterocycles. The number of aryl methyl sites for hydroxylation is 2. The van der Waals surface area contributed by atoms with Crippen molar-refractivity contribution in [2.24, 2.45) is 0 Å². The van der Waals surface area contributed by atoms with E-state index in [4.69, 9.17) is 0 Å². The van der Waals surface area contributed by atoms with Crippen molar-refractivity contribution in [3.63, 3.8) is 0 Å². The minimum Gasteiger partial charge on any atom is -0.312 e. The van der Waals surface area contributed by atoms with E-state index < -0.39 is 0 Å². The Balaban J connectivity index is 1.69. The Hall–Kier alpha value is -1.20. The highest BCUT2D eigenvalue weighted by Crippen LogP contribution is 2.07. The number of nitrogens with zero attached hydrogens (tertiary/aromatic N) is 3. The zero-order valence-corrected chi connectivity index (χ0v) is 11.1. The van der Waals surface area contributed by atoms with Crippen molar-refractivity contribution >= 4 is 11.3 Å². The molecule has 0 aromatic carbocycles. The van der Waals surface area contributed by atoms with Gasteiger partial charge in [-0.2, -0.15) is 5.10 Å². The first-order valence-electron chi connectivity index (χ1n) is 5.91. The average molecular weight is 250 g/mol. The Morgan fingerprint density at radius 2 is 2.35 bits per heavy atom. The van der Waals surface area contributed by atoms with Crippen LogP contribution in [0.25, 0.3) is 0 Å².